The molecule has 0 aliphatic heterocycles. The molecule has 0 atom stereocenters. The number of aromatic nitrogens is 5. The minimum atomic E-state index is -3.21. The SMILES string of the molecule is CCN(Cc1ccccc1)c1nn(-c2cc(C)nc(C(C)(F)F)n2)c2cc(NC(C)=O)ncc12. The van der Waals surface area contributed by atoms with Gasteiger partial charge in [0.15, 0.2) is 11.6 Å². The van der Waals surface area contributed by atoms with Crippen LogP contribution in [0, 0.1) is 6.92 Å². The van der Waals surface area contributed by atoms with Crippen molar-refractivity contribution in [3.8, 4) is 5.82 Å². The van der Waals surface area contributed by atoms with Gasteiger partial charge in [-0.3, -0.25) is 4.79 Å². The Morgan fingerprint density at radius 3 is 2.56 bits per heavy atom. The molecule has 4 aromatic rings. The summed E-state index contributed by atoms with van der Waals surface area (Å²) in [5.74, 6) is -2.91. The highest BCUT2D eigenvalue weighted by Crippen LogP contribution is 2.31. The molecule has 4 rings (SSSR count). The van der Waals surface area contributed by atoms with Crippen LogP contribution in [-0.2, 0) is 17.3 Å². The summed E-state index contributed by atoms with van der Waals surface area (Å²) < 4.78 is 29.6. The number of anilines is 2. The van der Waals surface area contributed by atoms with E-state index in [1.807, 2.05) is 37.3 Å². The fourth-order valence-electron chi connectivity index (χ4n) is 3.65. The molecule has 0 saturated heterocycles. The molecule has 0 aliphatic rings. The molecule has 0 fully saturated rings. The number of amides is 1. The second-order valence-electron chi connectivity index (χ2n) is 8.08. The van der Waals surface area contributed by atoms with E-state index in [0.717, 1.165) is 12.5 Å². The Kier molecular flexibility index (Phi) is 6.23. The average Bonchev–Trinajstić information content (AvgIpc) is 3.15. The van der Waals surface area contributed by atoms with E-state index in [2.05, 4.69) is 25.2 Å². The molecular formula is C24H25F2N7O. The van der Waals surface area contributed by atoms with Crippen molar-refractivity contribution >= 4 is 28.4 Å². The van der Waals surface area contributed by atoms with Crippen LogP contribution in [-0.4, -0.2) is 37.2 Å². The molecule has 10 heteroatoms. The summed E-state index contributed by atoms with van der Waals surface area (Å²) in [4.78, 5) is 26.0. The van der Waals surface area contributed by atoms with Crippen LogP contribution in [0.25, 0.3) is 16.7 Å². The summed E-state index contributed by atoms with van der Waals surface area (Å²) in [5.41, 5.74) is 2.06. The highest BCUT2D eigenvalue weighted by atomic mass is 19.3. The Morgan fingerprint density at radius 2 is 1.91 bits per heavy atom. The summed E-state index contributed by atoms with van der Waals surface area (Å²) in [5, 5.41) is 8.13. The largest absolute Gasteiger partial charge is 0.351 e. The number of fused-ring (bicyclic) bond motifs is 1. The lowest BCUT2D eigenvalue weighted by molar-refractivity contribution is -0.114. The number of carbonyl (C=O) groups is 1. The van der Waals surface area contributed by atoms with E-state index >= 15 is 0 Å². The number of aryl methyl sites for hydroxylation is 1. The molecule has 1 amide bonds. The van der Waals surface area contributed by atoms with Gasteiger partial charge in [-0.05, 0) is 19.4 Å². The molecule has 1 aromatic carbocycles. The molecule has 34 heavy (non-hydrogen) atoms. The van der Waals surface area contributed by atoms with Gasteiger partial charge in [0.25, 0.3) is 0 Å². The van der Waals surface area contributed by atoms with Crippen LogP contribution in [0.1, 0.15) is 37.9 Å². The second kappa shape index (κ2) is 9.12. The Hall–Kier alpha value is -3.95. The molecular weight excluding hydrogens is 440 g/mol. The van der Waals surface area contributed by atoms with Gasteiger partial charge in [-0.1, -0.05) is 30.3 Å². The van der Waals surface area contributed by atoms with Crippen molar-refractivity contribution in [2.75, 3.05) is 16.8 Å². The number of alkyl halides is 2. The minimum Gasteiger partial charge on any atom is -0.351 e. The molecule has 0 radical (unpaired) electrons. The lowest BCUT2D eigenvalue weighted by Gasteiger charge is -2.21. The highest BCUT2D eigenvalue weighted by molar-refractivity contribution is 5.95. The molecule has 176 valence electrons. The predicted octanol–water partition coefficient (Wildman–Crippen LogP) is 4.62. The highest BCUT2D eigenvalue weighted by Gasteiger charge is 2.30. The lowest BCUT2D eigenvalue weighted by atomic mass is 10.2. The predicted molar refractivity (Wildman–Crippen MR) is 126 cm³/mol. The number of hydrogen-bond donors (Lipinski definition) is 1. The Balaban J connectivity index is 1.90. The quantitative estimate of drug-likeness (QED) is 0.429. The van der Waals surface area contributed by atoms with E-state index in [1.54, 1.807) is 25.3 Å². The maximum atomic E-state index is 14.1. The van der Waals surface area contributed by atoms with Crippen molar-refractivity contribution in [1.82, 2.24) is 24.7 Å². The van der Waals surface area contributed by atoms with Crippen molar-refractivity contribution in [2.24, 2.45) is 0 Å². The van der Waals surface area contributed by atoms with Crippen molar-refractivity contribution in [3.63, 3.8) is 0 Å². The zero-order chi connectivity index (χ0) is 24.5. The van der Waals surface area contributed by atoms with Gasteiger partial charge in [0.1, 0.15) is 5.82 Å². The van der Waals surface area contributed by atoms with Crippen LogP contribution in [0.4, 0.5) is 20.4 Å². The number of benzene rings is 1. The summed E-state index contributed by atoms with van der Waals surface area (Å²) in [6, 6.07) is 13.2. The van der Waals surface area contributed by atoms with Gasteiger partial charge in [-0.2, -0.15) is 8.78 Å². The zero-order valence-corrected chi connectivity index (χ0v) is 19.4. The zero-order valence-electron chi connectivity index (χ0n) is 19.4. The minimum absolute atomic E-state index is 0.205. The van der Waals surface area contributed by atoms with Gasteiger partial charge in [-0.25, -0.2) is 19.6 Å². The number of pyridine rings is 1. The van der Waals surface area contributed by atoms with E-state index in [-0.39, 0.29) is 11.7 Å². The van der Waals surface area contributed by atoms with Crippen molar-refractivity contribution in [3.05, 3.63) is 65.7 Å². The third-order valence-corrected chi connectivity index (χ3v) is 5.20. The van der Waals surface area contributed by atoms with Crippen LogP contribution in [0.5, 0.6) is 0 Å². The Morgan fingerprint density at radius 1 is 1.18 bits per heavy atom. The first-order valence-electron chi connectivity index (χ1n) is 10.8. The molecule has 8 nitrogen and oxygen atoms in total. The average molecular weight is 466 g/mol. The topological polar surface area (TPSA) is 88.8 Å². The molecule has 0 saturated carbocycles. The molecule has 1 N–H and O–H groups in total. The smallest absolute Gasteiger partial charge is 0.303 e. The second-order valence-corrected chi connectivity index (χ2v) is 8.08. The van der Waals surface area contributed by atoms with Crippen molar-refractivity contribution in [1.29, 1.82) is 0 Å². The first-order valence-corrected chi connectivity index (χ1v) is 10.8. The van der Waals surface area contributed by atoms with Crippen LogP contribution in [0.15, 0.2) is 48.7 Å². The number of carbonyl (C=O) groups excluding carboxylic acids is 1. The third kappa shape index (κ3) is 4.85. The van der Waals surface area contributed by atoms with Crippen LogP contribution in [0.3, 0.4) is 0 Å². The van der Waals surface area contributed by atoms with E-state index in [0.29, 0.717) is 41.3 Å². The van der Waals surface area contributed by atoms with Gasteiger partial charge < -0.3 is 10.2 Å². The van der Waals surface area contributed by atoms with Gasteiger partial charge in [0.2, 0.25) is 11.7 Å². The van der Waals surface area contributed by atoms with Gasteiger partial charge in [0.05, 0.1) is 10.9 Å². The normalized spacial score (nSPS) is 11.6. The van der Waals surface area contributed by atoms with E-state index < -0.39 is 11.7 Å². The van der Waals surface area contributed by atoms with Crippen molar-refractivity contribution < 1.29 is 13.6 Å². The Labute approximate surface area is 195 Å². The molecule has 3 heterocycles. The van der Waals surface area contributed by atoms with E-state index in [1.165, 1.54) is 11.6 Å². The van der Waals surface area contributed by atoms with Gasteiger partial charge >= 0.3 is 5.92 Å². The maximum Gasteiger partial charge on any atom is 0.303 e. The molecule has 0 bridgehead atoms. The van der Waals surface area contributed by atoms with Gasteiger partial charge in [-0.15, -0.1) is 5.10 Å². The summed E-state index contributed by atoms with van der Waals surface area (Å²) in [6.45, 7) is 7.03. The molecule has 0 unspecified atom stereocenters. The number of nitrogens with one attached hydrogen (secondary N) is 1. The van der Waals surface area contributed by atoms with Gasteiger partial charge in [0, 0.05) is 51.0 Å². The summed E-state index contributed by atoms with van der Waals surface area (Å²) >= 11 is 0. The number of hydrogen-bond acceptors (Lipinski definition) is 6. The van der Waals surface area contributed by atoms with Crippen LogP contribution in [0.2, 0.25) is 0 Å². The first kappa shape index (κ1) is 23.2. The monoisotopic (exact) mass is 465 g/mol. The number of rotatable bonds is 7. The van der Waals surface area contributed by atoms with Crippen LogP contribution < -0.4 is 10.2 Å². The summed E-state index contributed by atoms with van der Waals surface area (Å²) in [7, 11) is 0. The lowest BCUT2D eigenvalue weighted by Crippen LogP contribution is -2.23. The summed E-state index contributed by atoms with van der Waals surface area (Å²) in [6.07, 6.45) is 1.62. The number of nitrogens with zero attached hydrogens (tertiary/aromatic N) is 6. The fourth-order valence-corrected chi connectivity index (χ4v) is 3.65. The number of halogens is 2. The molecule has 3 aromatic heterocycles. The van der Waals surface area contributed by atoms with Crippen LogP contribution >= 0.6 is 0 Å². The van der Waals surface area contributed by atoms with Crippen molar-refractivity contribution in [2.45, 2.75) is 40.2 Å². The van der Waals surface area contributed by atoms with E-state index in [4.69, 9.17) is 5.10 Å². The molecule has 0 aliphatic carbocycles. The Bertz CT molecular complexity index is 1330. The van der Waals surface area contributed by atoms with E-state index in [9.17, 15) is 13.6 Å². The first-order chi connectivity index (χ1) is 16.2. The maximum absolute atomic E-state index is 14.1. The fraction of sp³-hybridized carbons (Fsp3) is 0.292. The standard InChI is InChI=1S/C24H25F2N7O/c1-5-32(14-17-9-7-6-8-10-17)22-18-13-27-20(29-16(3)34)12-19(18)33(31-22)21-11-15(2)28-23(30-21)24(4,25)26/h6-13H,5,14H2,1-4H3,(H,27,29,34). The molecule has 0 spiro atoms. The third-order valence-electron chi connectivity index (χ3n) is 5.20.